The monoisotopic (exact) mass is 529 g/mol. The number of nitrogen functional groups attached to an aromatic ring is 1. The van der Waals surface area contributed by atoms with Gasteiger partial charge in [0.05, 0.1) is 19.4 Å². The number of aromatic nitrogens is 1. The van der Waals surface area contributed by atoms with Crippen LogP contribution in [-0.2, 0) is 22.6 Å². The highest BCUT2D eigenvalue weighted by molar-refractivity contribution is 7.13. The Morgan fingerprint density at radius 1 is 1.00 bits per heavy atom. The molecule has 6 nitrogen and oxygen atoms in total. The molecule has 1 amide bonds. The van der Waals surface area contributed by atoms with Crippen molar-refractivity contribution in [1.82, 2.24) is 4.98 Å². The second-order valence-electron chi connectivity index (χ2n) is 9.92. The summed E-state index contributed by atoms with van der Waals surface area (Å²) in [6, 6.07) is 18.9. The summed E-state index contributed by atoms with van der Waals surface area (Å²) < 4.78 is 5.45. The third kappa shape index (κ3) is 7.15. The van der Waals surface area contributed by atoms with Gasteiger partial charge in [-0.05, 0) is 58.4 Å². The van der Waals surface area contributed by atoms with Crippen molar-refractivity contribution in [2.45, 2.75) is 39.1 Å². The smallest absolute Gasteiger partial charge is 0.306 e. The van der Waals surface area contributed by atoms with Gasteiger partial charge in [-0.3, -0.25) is 14.6 Å². The van der Waals surface area contributed by atoms with Gasteiger partial charge in [0, 0.05) is 34.8 Å². The van der Waals surface area contributed by atoms with Crippen molar-refractivity contribution < 1.29 is 14.3 Å². The molecule has 190 valence electrons. The van der Waals surface area contributed by atoms with Crippen molar-refractivity contribution in [1.29, 1.82) is 0 Å². The Labute approximate surface area is 222 Å². The Bertz CT molecular complexity index is 1380. The second kappa shape index (κ2) is 11.5. The largest absolute Gasteiger partial charge is 0.461 e. The Hall–Kier alpha value is -3.75. The van der Waals surface area contributed by atoms with Gasteiger partial charge in [-0.2, -0.15) is 0 Å². The maximum absolute atomic E-state index is 12.8. The average molecular weight is 530 g/mol. The number of aryl methyl sites for hydroxylation is 1. The molecule has 2 aromatic heterocycles. The number of carbonyl (C=O) groups excluding carboxylic acids is 2. The van der Waals surface area contributed by atoms with E-state index in [-0.39, 0.29) is 24.9 Å². The normalized spacial score (nSPS) is 11.2. The van der Waals surface area contributed by atoms with E-state index in [2.05, 4.69) is 36.0 Å². The number of hydrogen-bond donors (Lipinski definition) is 2. The molecule has 4 rings (SSSR count). The maximum Gasteiger partial charge on any atom is 0.306 e. The first-order valence-corrected chi connectivity index (χ1v) is 16.5. The fourth-order valence-corrected chi connectivity index (χ4v) is 5.54. The summed E-state index contributed by atoms with van der Waals surface area (Å²) in [5.74, 6) is -0.503. The molecule has 2 aromatic carbocycles. The van der Waals surface area contributed by atoms with E-state index in [9.17, 15) is 9.59 Å². The maximum atomic E-state index is 12.8. The summed E-state index contributed by atoms with van der Waals surface area (Å²) in [6.07, 6.45) is 4.44. The predicted octanol–water partition coefficient (Wildman–Crippen LogP) is 5.87. The SMILES string of the molecule is C[Si](C)(C)c1cncc(COC(=O)CCc2ccc(C(=O)Nc3cc(-c4cccs4)ccc3N)cc2)c1. The van der Waals surface area contributed by atoms with Crippen LogP contribution in [0, 0.1) is 0 Å². The van der Waals surface area contributed by atoms with E-state index in [0.717, 1.165) is 21.6 Å². The summed E-state index contributed by atoms with van der Waals surface area (Å²) in [4.78, 5) is 30.5. The van der Waals surface area contributed by atoms with Gasteiger partial charge in [0.25, 0.3) is 5.91 Å². The number of carbonyl (C=O) groups is 2. The Morgan fingerprint density at radius 2 is 1.78 bits per heavy atom. The molecule has 8 heteroatoms. The van der Waals surface area contributed by atoms with E-state index in [1.165, 1.54) is 5.19 Å². The van der Waals surface area contributed by atoms with Crippen LogP contribution < -0.4 is 16.2 Å². The quantitative estimate of drug-likeness (QED) is 0.161. The number of nitrogens with two attached hydrogens (primary N) is 1. The molecule has 0 aliphatic rings. The summed E-state index contributed by atoms with van der Waals surface area (Å²) in [7, 11) is -1.47. The minimum Gasteiger partial charge on any atom is -0.461 e. The fraction of sp³-hybridized carbons (Fsp3) is 0.207. The highest BCUT2D eigenvalue weighted by Crippen LogP contribution is 2.30. The van der Waals surface area contributed by atoms with Crippen molar-refractivity contribution in [3.8, 4) is 10.4 Å². The number of rotatable bonds is 9. The van der Waals surface area contributed by atoms with Gasteiger partial charge in [-0.15, -0.1) is 11.3 Å². The number of anilines is 2. The minimum absolute atomic E-state index is 0.222. The lowest BCUT2D eigenvalue weighted by Gasteiger charge is -2.16. The van der Waals surface area contributed by atoms with E-state index in [1.54, 1.807) is 35.7 Å². The van der Waals surface area contributed by atoms with Crippen LogP contribution in [0.1, 0.15) is 27.9 Å². The van der Waals surface area contributed by atoms with E-state index in [4.69, 9.17) is 10.5 Å². The number of ether oxygens (including phenoxy) is 1. The van der Waals surface area contributed by atoms with Crippen LogP contribution in [0.4, 0.5) is 11.4 Å². The average Bonchev–Trinajstić information content (AvgIpc) is 3.42. The van der Waals surface area contributed by atoms with Crippen LogP contribution in [0.3, 0.4) is 0 Å². The van der Waals surface area contributed by atoms with Gasteiger partial charge < -0.3 is 15.8 Å². The van der Waals surface area contributed by atoms with E-state index in [1.807, 2.05) is 48.0 Å². The molecule has 4 aromatic rings. The highest BCUT2D eigenvalue weighted by atomic mass is 32.1. The third-order valence-corrected chi connectivity index (χ3v) is 8.93. The lowest BCUT2D eigenvalue weighted by Crippen LogP contribution is -2.38. The van der Waals surface area contributed by atoms with Gasteiger partial charge >= 0.3 is 5.97 Å². The number of nitrogens with zero attached hydrogens (tertiary/aromatic N) is 1. The second-order valence-corrected chi connectivity index (χ2v) is 15.9. The molecule has 0 bridgehead atoms. The third-order valence-electron chi connectivity index (χ3n) is 6.00. The van der Waals surface area contributed by atoms with Gasteiger partial charge in [-0.25, -0.2) is 0 Å². The van der Waals surface area contributed by atoms with Gasteiger partial charge in [0.2, 0.25) is 0 Å². The minimum atomic E-state index is -1.47. The topological polar surface area (TPSA) is 94.3 Å². The molecule has 0 saturated carbocycles. The number of amides is 1. The number of esters is 1. The lowest BCUT2D eigenvalue weighted by molar-refractivity contribution is -0.144. The molecule has 0 spiro atoms. The van der Waals surface area contributed by atoms with E-state index < -0.39 is 8.07 Å². The number of benzene rings is 2. The van der Waals surface area contributed by atoms with E-state index in [0.29, 0.717) is 23.4 Å². The molecular weight excluding hydrogens is 498 g/mol. The number of hydrogen-bond acceptors (Lipinski definition) is 6. The van der Waals surface area contributed by atoms with Crippen LogP contribution >= 0.6 is 11.3 Å². The first kappa shape index (κ1) is 26.3. The summed E-state index contributed by atoms with van der Waals surface area (Å²) >= 11 is 1.63. The van der Waals surface area contributed by atoms with Crippen LogP contribution in [0.2, 0.25) is 19.6 Å². The van der Waals surface area contributed by atoms with Gasteiger partial charge in [-0.1, -0.05) is 50.0 Å². The lowest BCUT2D eigenvalue weighted by atomic mass is 10.1. The molecule has 0 saturated heterocycles. The van der Waals surface area contributed by atoms with Gasteiger partial charge in [0.15, 0.2) is 0 Å². The fourth-order valence-electron chi connectivity index (χ4n) is 3.74. The molecule has 0 fully saturated rings. The first-order valence-electron chi connectivity index (χ1n) is 12.1. The molecule has 2 heterocycles. The highest BCUT2D eigenvalue weighted by Gasteiger charge is 2.17. The van der Waals surface area contributed by atoms with Crippen LogP contribution in [0.15, 0.2) is 78.4 Å². The predicted molar refractivity (Wildman–Crippen MR) is 154 cm³/mol. The van der Waals surface area contributed by atoms with Crippen molar-refractivity contribution in [3.05, 3.63) is 95.1 Å². The van der Waals surface area contributed by atoms with Gasteiger partial charge in [0.1, 0.15) is 6.61 Å². The Balaban J connectivity index is 1.29. The van der Waals surface area contributed by atoms with Crippen molar-refractivity contribution in [3.63, 3.8) is 0 Å². The first-order chi connectivity index (χ1) is 17.7. The molecule has 0 atom stereocenters. The molecule has 0 aliphatic carbocycles. The Morgan fingerprint density at radius 3 is 2.49 bits per heavy atom. The van der Waals surface area contributed by atoms with E-state index >= 15 is 0 Å². The molecule has 3 N–H and O–H groups in total. The number of nitrogens with one attached hydrogen (secondary N) is 1. The molecule has 0 radical (unpaired) electrons. The molecule has 37 heavy (non-hydrogen) atoms. The van der Waals surface area contributed by atoms with Crippen molar-refractivity contribution in [2.75, 3.05) is 11.1 Å². The molecule has 0 aliphatic heterocycles. The van der Waals surface area contributed by atoms with Crippen molar-refractivity contribution in [2.24, 2.45) is 0 Å². The summed E-state index contributed by atoms with van der Waals surface area (Å²) in [5, 5.41) is 6.16. The van der Waals surface area contributed by atoms with Crippen LogP contribution in [0.5, 0.6) is 0 Å². The zero-order valence-electron chi connectivity index (χ0n) is 21.3. The summed E-state index contributed by atoms with van der Waals surface area (Å²) in [6.45, 7) is 7.00. The van der Waals surface area contributed by atoms with Crippen LogP contribution in [0.25, 0.3) is 10.4 Å². The van der Waals surface area contributed by atoms with Crippen molar-refractivity contribution >= 4 is 47.8 Å². The molecular formula is C29H31N3O3SSi. The standard InChI is InChI=1S/C29H31N3O3SSi/c1-37(2,3)24-15-21(17-31-18-24)19-35-28(33)13-8-20-6-9-22(10-7-20)29(34)32-26-16-23(11-12-25(26)30)27-5-4-14-36-27/h4-7,9-12,14-18H,8,13,19,30H2,1-3H3,(H,32,34). The zero-order valence-corrected chi connectivity index (χ0v) is 23.1. The number of pyridine rings is 1. The zero-order chi connectivity index (χ0) is 26.4. The van der Waals surface area contributed by atoms with Crippen LogP contribution in [-0.4, -0.2) is 24.9 Å². The molecule has 0 unspecified atom stereocenters. The summed E-state index contributed by atoms with van der Waals surface area (Å²) in [5.41, 5.74) is 10.6. The Kier molecular flexibility index (Phi) is 8.20. The number of thiophene rings is 1.